The van der Waals surface area contributed by atoms with Gasteiger partial charge in [-0.1, -0.05) is 25.5 Å². The summed E-state index contributed by atoms with van der Waals surface area (Å²) in [5, 5.41) is 22.2. The number of rotatable bonds is 2. The van der Waals surface area contributed by atoms with Gasteiger partial charge < -0.3 is 10.2 Å². The predicted molar refractivity (Wildman–Crippen MR) is 94.0 cm³/mol. The molecule has 0 bridgehead atoms. The van der Waals surface area contributed by atoms with Crippen molar-refractivity contribution in [1.82, 2.24) is 0 Å². The van der Waals surface area contributed by atoms with Crippen LogP contribution in [0.15, 0.2) is 23.8 Å². The van der Waals surface area contributed by atoms with Gasteiger partial charge in [0.1, 0.15) is 5.60 Å². The molecule has 5 nitrogen and oxygen atoms in total. The number of hydrogen-bond donors (Lipinski definition) is 2. The number of allylic oxidation sites excluding steroid dienone is 4. The fraction of sp³-hybridized carbons (Fsp3) is 0.667. The Kier molecular flexibility index (Phi) is 3.74. The average molecular weight is 358 g/mol. The summed E-state index contributed by atoms with van der Waals surface area (Å²) in [4.78, 5) is 35.2. The van der Waals surface area contributed by atoms with Crippen molar-refractivity contribution < 1.29 is 24.6 Å². The van der Waals surface area contributed by atoms with Crippen LogP contribution in [0.25, 0.3) is 0 Å². The summed E-state index contributed by atoms with van der Waals surface area (Å²) in [6.45, 7) is 3.95. The number of Topliss-reactive ketones (excluding diaryl/α,β-unsaturated/α-hetero) is 1. The van der Waals surface area contributed by atoms with Gasteiger partial charge in [0.15, 0.2) is 12.1 Å². The highest BCUT2D eigenvalue weighted by molar-refractivity contribution is 6.29. The van der Waals surface area contributed by atoms with Crippen LogP contribution in [0.5, 0.6) is 0 Å². The molecule has 3 saturated carbocycles. The Bertz CT molecular complexity index is 752. The number of ketones is 2. The SMILES string of the molecule is C[C@]12C=CC(=O)C=C1CC[C@@H]1[C@@H]2C(O)C[C@@]2(C)[C@H]1CC[C@]2(O)C(=O)C=O. The van der Waals surface area contributed by atoms with Gasteiger partial charge in [0.05, 0.1) is 6.10 Å². The molecular weight excluding hydrogens is 332 g/mol. The first kappa shape index (κ1) is 17.8. The van der Waals surface area contributed by atoms with E-state index >= 15 is 0 Å². The van der Waals surface area contributed by atoms with Gasteiger partial charge in [-0.25, -0.2) is 0 Å². The quantitative estimate of drug-likeness (QED) is 0.580. The molecule has 0 aromatic carbocycles. The van der Waals surface area contributed by atoms with E-state index in [0.717, 1.165) is 18.4 Å². The summed E-state index contributed by atoms with van der Waals surface area (Å²) in [5.74, 6) is -0.582. The average Bonchev–Trinajstić information content (AvgIpc) is 2.86. The molecule has 0 aliphatic heterocycles. The van der Waals surface area contributed by atoms with Crippen molar-refractivity contribution in [3.05, 3.63) is 23.8 Å². The van der Waals surface area contributed by atoms with E-state index in [1.165, 1.54) is 0 Å². The Hall–Kier alpha value is -1.59. The molecule has 7 atom stereocenters. The molecule has 5 heteroatoms. The largest absolute Gasteiger partial charge is 0.393 e. The van der Waals surface area contributed by atoms with Crippen molar-refractivity contribution in [1.29, 1.82) is 0 Å². The predicted octanol–water partition coefficient (Wildman–Crippen LogP) is 1.76. The lowest BCUT2D eigenvalue weighted by atomic mass is 9.46. The number of hydrogen-bond acceptors (Lipinski definition) is 5. The van der Waals surface area contributed by atoms with Gasteiger partial charge in [-0.05, 0) is 56.1 Å². The second kappa shape index (κ2) is 5.46. The van der Waals surface area contributed by atoms with Crippen LogP contribution in [0.4, 0.5) is 0 Å². The van der Waals surface area contributed by atoms with Crippen LogP contribution in [0.3, 0.4) is 0 Å². The lowest BCUT2D eigenvalue weighted by Gasteiger charge is -2.59. The molecule has 0 aromatic heterocycles. The minimum atomic E-state index is -1.68. The van der Waals surface area contributed by atoms with Gasteiger partial charge in [-0.15, -0.1) is 0 Å². The van der Waals surface area contributed by atoms with E-state index in [0.29, 0.717) is 12.8 Å². The minimum absolute atomic E-state index is 0.00196. The van der Waals surface area contributed by atoms with E-state index in [1.807, 2.05) is 13.0 Å². The summed E-state index contributed by atoms with van der Waals surface area (Å²) in [6.07, 6.45) is 7.62. The minimum Gasteiger partial charge on any atom is -0.393 e. The molecule has 1 unspecified atom stereocenters. The molecule has 0 heterocycles. The number of fused-ring (bicyclic) bond motifs is 5. The van der Waals surface area contributed by atoms with Crippen LogP contribution >= 0.6 is 0 Å². The Labute approximate surface area is 153 Å². The normalized spacial score (nSPS) is 49.7. The second-order valence-corrected chi connectivity index (χ2v) is 9.09. The highest BCUT2D eigenvalue weighted by atomic mass is 16.3. The smallest absolute Gasteiger partial charge is 0.227 e. The van der Waals surface area contributed by atoms with E-state index in [-0.39, 0.29) is 41.7 Å². The van der Waals surface area contributed by atoms with Crippen LogP contribution in [-0.2, 0) is 14.4 Å². The molecule has 0 amide bonds. The topological polar surface area (TPSA) is 91.7 Å². The zero-order valence-electron chi connectivity index (χ0n) is 15.3. The maximum Gasteiger partial charge on any atom is 0.227 e. The monoisotopic (exact) mass is 358 g/mol. The lowest BCUT2D eigenvalue weighted by Crippen LogP contribution is -2.61. The Morgan fingerprint density at radius 2 is 2.04 bits per heavy atom. The standard InChI is InChI=1S/C21H26O5/c1-19-7-5-13(23)9-12(19)3-4-14-15-6-8-21(26,17(25)11-22)20(15,2)10-16(24)18(14)19/h5,7,9,11,14-16,18,24,26H,3-4,6,8,10H2,1-2H3/t14-,15-,16?,18+,19-,20-,21-/m0/s1. The molecule has 0 saturated heterocycles. The van der Waals surface area contributed by atoms with Crippen molar-refractivity contribution in [3.8, 4) is 0 Å². The molecule has 140 valence electrons. The second-order valence-electron chi connectivity index (χ2n) is 9.09. The van der Waals surface area contributed by atoms with Crippen LogP contribution in [-0.4, -0.2) is 39.8 Å². The number of carbonyl (C=O) groups excluding carboxylic acids is 3. The van der Waals surface area contributed by atoms with E-state index in [2.05, 4.69) is 6.92 Å². The van der Waals surface area contributed by atoms with Gasteiger partial charge in [0.2, 0.25) is 5.78 Å². The first-order valence-electron chi connectivity index (χ1n) is 9.52. The molecule has 2 N–H and O–H groups in total. The molecule has 0 spiro atoms. The molecule has 4 aliphatic carbocycles. The molecule has 0 aromatic rings. The molecule has 4 rings (SSSR count). The molecular formula is C21H26O5. The maximum atomic E-state index is 12.2. The van der Waals surface area contributed by atoms with Crippen molar-refractivity contribution in [2.24, 2.45) is 28.6 Å². The van der Waals surface area contributed by atoms with E-state index in [1.54, 1.807) is 12.2 Å². The van der Waals surface area contributed by atoms with Gasteiger partial charge in [0, 0.05) is 16.7 Å². The third-order valence-electron chi connectivity index (χ3n) is 8.16. The van der Waals surface area contributed by atoms with Gasteiger partial charge >= 0.3 is 0 Å². The third-order valence-corrected chi connectivity index (χ3v) is 8.16. The van der Waals surface area contributed by atoms with Gasteiger partial charge in [-0.2, -0.15) is 0 Å². The summed E-state index contributed by atoms with van der Waals surface area (Å²) in [6, 6.07) is 0. The number of aliphatic hydroxyl groups is 2. The van der Waals surface area contributed by atoms with Crippen molar-refractivity contribution in [2.45, 2.75) is 57.7 Å². The van der Waals surface area contributed by atoms with E-state index in [4.69, 9.17) is 0 Å². The first-order valence-corrected chi connectivity index (χ1v) is 9.52. The highest BCUT2D eigenvalue weighted by Gasteiger charge is 2.68. The Balaban J connectivity index is 1.76. The Morgan fingerprint density at radius 3 is 2.73 bits per heavy atom. The van der Waals surface area contributed by atoms with Crippen LogP contribution in [0, 0.1) is 28.6 Å². The Morgan fingerprint density at radius 1 is 1.31 bits per heavy atom. The summed E-state index contributed by atoms with van der Waals surface area (Å²) >= 11 is 0. The summed E-state index contributed by atoms with van der Waals surface area (Å²) in [5.41, 5.74) is -1.77. The fourth-order valence-electron chi connectivity index (χ4n) is 6.83. The van der Waals surface area contributed by atoms with Gasteiger partial charge in [-0.3, -0.25) is 14.4 Å². The van der Waals surface area contributed by atoms with Crippen molar-refractivity contribution in [3.63, 3.8) is 0 Å². The van der Waals surface area contributed by atoms with Gasteiger partial charge in [0.25, 0.3) is 0 Å². The highest BCUT2D eigenvalue weighted by Crippen LogP contribution is 2.66. The maximum absolute atomic E-state index is 12.2. The van der Waals surface area contributed by atoms with Crippen LogP contribution in [0.2, 0.25) is 0 Å². The van der Waals surface area contributed by atoms with E-state index in [9.17, 15) is 24.6 Å². The zero-order valence-corrected chi connectivity index (χ0v) is 15.3. The van der Waals surface area contributed by atoms with Crippen molar-refractivity contribution in [2.75, 3.05) is 0 Å². The summed E-state index contributed by atoms with van der Waals surface area (Å²) in [7, 11) is 0. The zero-order chi connectivity index (χ0) is 18.9. The number of aldehydes is 1. The number of aliphatic hydroxyl groups excluding tert-OH is 1. The van der Waals surface area contributed by atoms with Crippen LogP contribution < -0.4 is 0 Å². The molecule has 0 radical (unpaired) electrons. The van der Waals surface area contributed by atoms with Crippen LogP contribution in [0.1, 0.15) is 46.0 Å². The molecule has 3 fully saturated rings. The molecule has 26 heavy (non-hydrogen) atoms. The summed E-state index contributed by atoms with van der Waals surface area (Å²) < 4.78 is 0. The first-order chi connectivity index (χ1) is 12.2. The van der Waals surface area contributed by atoms with Crippen molar-refractivity contribution >= 4 is 17.9 Å². The van der Waals surface area contributed by atoms with E-state index < -0.39 is 22.9 Å². The fourth-order valence-corrected chi connectivity index (χ4v) is 6.83. The number of carbonyl (C=O) groups is 3. The lowest BCUT2D eigenvalue weighted by molar-refractivity contribution is -0.176. The molecule has 4 aliphatic rings. The third kappa shape index (κ3) is 2.01.